The number of piperidine rings is 1. The van der Waals surface area contributed by atoms with Gasteiger partial charge in [0.05, 0.1) is 25.1 Å². The summed E-state index contributed by atoms with van der Waals surface area (Å²) < 4.78 is 5.47. The molecule has 150 valence electrons. The molecule has 4 heterocycles. The lowest BCUT2D eigenvalue weighted by atomic mass is 9.97. The largest absolute Gasteiger partial charge is 0.379 e. The summed E-state index contributed by atoms with van der Waals surface area (Å²) in [5, 5.41) is 7.85. The highest BCUT2D eigenvalue weighted by Gasteiger charge is 2.25. The highest BCUT2D eigenvalue weighted by atomic mass is 32.1. The third kappa shape index (κ3) is 3.73. The highest BCUT2D eigenvalue weighted by molar-refractivity contribution is 7.19. The van der Waals surface area contributed by atoms with Gasteiger partial charge in [-0.25, -0.2) is 9.97 Å². The second kappa shape index (κ2) is 7.93. The van der Waals surface area contributed by atoms with Crippen LogP contribution >= 0.6 is 11.3 Å². The van der Waals surface area contributed by atoms with Crippen molar-refractivity contribution in [2.24, 2.45) is 0 Å². The Morgan fingerprint density at radius 2 is 2.04 bits per heavy atom. The number of nitrogens with one attached hydrogen (secondary N) is 2. The molecule has 1 atom stereocenters. The van der Waals surface area contributed by atoms with E-state index in [9.17, 15) is 4.79 Å². The monoisotopic (exact) mass is 401 g/mol. The van der Waals surface area contributed by atoms with E-state index in [2.05, 4.69) is 15.5 Å². The summed E-state index contributed by atoms with van der Waals surface area (Å²) in [6.07, 6.45) is 6.22. The van der Waals surface area contributed by atoms with Crippen LogP contribution in [0.1, 0.15) is 41.9 Å². The average molecular weight is 402 g/mol. The number of thiophene rings is 1. The van der Waals surface area contributed by atoms with Gasteiger partial charge in [-0.3, -0.25) is 9.69 Å². The molecule has 3 aliphatic rings. The highest BCUT2D eigenvalue weighted by Crippen LogP contribution is 2.39. The Bertz CT molecular complexity index is 867. The predicted octanol–water partition coefficient (Wildman–Crippen LogP) is 2.09. The maximum atomic E-state index is 11.5. The quantitative estimate of drug-likeness (QED) is 0.817. The van der Waals surface area contributed by atoms with Crippen molar-refractivity contribution in [3.63, 3.8) is 0 Å². The first-order valence-electron chi connectivity index (χ1n) is 10.4. The first-order chi connectivity index (χ1) is 13.8. The van der Waals surface area contributed by atoms with Crippen molar-refractivity contribution in [1.29, 1.82) is 0 Å². The SMILES string of the molecule is O=C1CCC(Nc2nc(CN3CCOCC3)nc3sc4c(c23)CCCC4)CN1. The van der Waals surface area contributed by atoms with Crippen LogP contribution in [-0.2, 0) is 28.9 Å². The van der Waals surface area contributed by atoms with Gasteiger partial charge in [0.2, 0.25) is 5.91 Å². The van der Waals surface area contributed by atoms with Crippen LogP contribution in [-0.4, -0.2) is 59.7 Å². The number of aromatic nitrogens is 2. The summed E-state index contributed by atoms with van der Waals surface area (Å²) in [5.41, 5.74) is 1.45. The molecule has 0 aromatic carbocycles. The molecule has 1 aliphatic carbocycles. The zero-order valence-electron chi connectivity index (χ0n) is 16.1. The van der Waals surface area contributed by atoms with E-state index in [1.807, 2.05) is 11.3 Å². The molecular weight excluding hydrogens is 374 g/mol. The molecule has 7 nitrogen and oxygen atoms in total. The third-order valence-corrected chi connectivity index (χ3v) is 7.12. The molecule has 2 N–H and O–H groups in total. The number of amides is 1. The normalized spacial score (nSPS) is 23.4. The second-order valence-electron chi connectivity index (χ2n) is 7.95. The van der Waals surface area contributed by atoms with Crippen molar-refractivity contribution >= 4 is 33.3 Å². The van der Waals surface area contributed by atoms with E-state index in [0.717, 1.165) is 68.6 Å². The molecular formula is C20H27N5O2S. The van der Waals surface area contributed by atoms with Gasteiger partial charge in [-0.2, -0.15) is 0 Å². The number of rotatable bonds is 4. The van der Waals surface area contributed by atoms with Gasteiger partial charge in [-0.1, -0.05) is 0 Å². The van der Waals surface area contributed by atoms with Crippen LogP contribution in [0.5, 0.6) is 0 Å². The van der Waals surface area contributed by atoms with E-state index >= 15 is 0 Å². The summed E-state index contributed by atoms with van der Waals surface area (Å²) >= 11 is 1.85. The molecule has 0 bridgehead atoms. The Morgan fingerprint density at radius 3 is 2.86 bits per heavy atom. The molecule has 1 unspecified atom stereocenters. The van der Waals surface area contributed by atoms with Gasteiger partial charge in [-0.05, 0) is 37.7 Å². The standard InChI is InChI=1S/C20H27N5O2S/c26-17-6-5-13(11-21-17)22-19-18-14-3-1-2-4-15(14)28-20(18)24-16(23-19)12-25-7-9-27-10-8-25/h13H,1-12H2,(H,21,26)(H,22,23,24). The molecule has 2 aromatic heterocycles. The molecule has 0 spiro atoms. The zero-order chi connectivity index (χ0) is 18.9. The summed E-state index contributed by atoms with van der Waals surface area (Å²) in [6.45, 7) is 4.84. The maximum Gasteiger partial charge on any atom is 0.220 e. The van der Waals surface area contributed by atoms with Crippen LogP contribution in [0.15, 0.2) is 0 Å². The van der Waals surface area contributed by atoms with Crippen LogP contribution in [0, 0.1) is 0 Å². The minimum Gasteiger partial charge on any atom is -0.379 e. The fourth-order valence-electron chi connectivity index (χ4n) is 4.39. The van der Waals surface area contributed by atoms with Crippen LogP contribution in [0.4, 0.5) is 5.82 Å². The van der Waals surface area contributed by atoms with Crippen molar-refractivity contribution in [2.45, 2.75) is 51.1 Å². The van der Waals surface area contributed by atoms with Gasteiger partial charge in [0.25, 0.3) is 0 Å². The number of carbonyl (C=O) groups is 1. The summed E-state index contributed by atoms with van der Waals surface area (Å²) in [4.78, 5) is 26.4. The predicted molar refractivity (Wildman–Crippen MR) is 110 cm³/mol. The Labute approximate surface area is 168 Å². The number of hydrogen-bond acceptors (Lipinski definition) is 7. The van der Waals surface area contributed by atoms with E-state index in [1.54, 1.807) is 0 Å². The van der Waals surface area contributed by atoms with Crippen molar-refractivity contribution < 1.29 is 9.53 Å². The van der Waals surface area contributed by atoms with E-state index in [4.69, 9.17) is 14.7 Å². The maximum absolute atomic E-state index is 11.5. The van der Waals surface area contributed by atoms with E-state index in [0.29, 0.717) is 13.0 Å². The molecule has 28 heavy (non-hydrogen) atoms. The van der Waals surface area contributed by atoms with Gasteiger partial charge >= 0.3 is 0 Å². The number of morpholine rings is 1. The summed E-state index contributed by atoms with van der Waals surface area (Å²) in [5.74, 6) is 2.00. The molecule has 0 radical (unpaired) electrons. The van der Waals surface area contributed by atoms with Crippen LogP contribution in [0.3, 0.4) is 0 Å². The molecule has 2 aliphatic heterocycles. The van der Waals surface area contributed by atoms with E-state index in [-0.39, 0.29) is 11.9 Å². The average Bonchev–Trinajstić information content (AvgIpc) is 3.09. The molecule has 2 aromatic rings. The first-order valence-corrected chi connectivity index (χ1v) is 11.2. The molecule has 0 saturated carbocycles. The van der Waals surface area contributed by atoms with Crippen LogP contribution in [0.2, 0.25) is 0 Å². The van der Waals surface area contributed by atoms with Crippen LogP contribution < -0.4 is 10.6 Å². The number of anilines is 1. The van der Waals surface area contributed by atoms with Gasteiger partial charge in [0.15, 0.2) is 0 Å². The van der Waals surface area contributed by atoms with Crippen molar-refractivity contribution in [3.8, 4) is 0 Å². The number of carbonyl (C=O) groups excluding carboxylic acids is 1. The Morgan fingerprint density at radius 1 is 1.18 bits per heavy atom. The summed E-state index contributed by atoms with van der Waals surface area (Å²) in [6, 6.07) is 0.228. The van der Waals surface area contributed by atoms with Gasteiger partial charge in [0, 0.05) is 37.0 Å². The molecule has 5 rings (SSSR count). The zero-order valence-corrected chi connectivity index (χ0v) is 16.9. The molecule has 8 heteroatoms. The molecule has 1 amide bonds. The van der Waals surface area contributed by atoms with E-state index in [1.165, 1.54) is 28.7 Å². The lowest BCUT2D eigenvalue weighted by Gasteiger charge is -2.27. The van der Waals surface area contributed by atoms with Gasteiger partial charge in [-0.15, -0.1) is 11.3 Å². The number of hydrogen-bond donors (Lipinski definition) is 2. The number of nitrogens with zero attached hydrogens (tertiary/aromatic N) is 3. The lowest BCUT2D eigenvalue weighted by molar-refractivity contribution is -0.122. The second-order valence-corrected chi connectivity index (χ2v) is 9.04. The Balaban J connectivity index is 1.48. The Hall–Kier alpha value is -1.77. The van der Waals surface area contributed by atoms with Crippen molar-refractivity contribution in [3.05, 3.63) is 16.3 Å². The topological polar surface area (TPSA) is 79.4 Å². The molecule has 2 saturated heterocycles. The lowest BCUT2D eigenvalue weighted by Crippen LogP contribution is -2.42. The fraction of sp³-hybridized carbons (Fsp3) is 0.650. The fourth-order valence-corrected chi connectivity index (χ4v) is 5.67. The molecule has 2 fully saturated rings. The smallest absolute Gasteiger partial charge is 0.220 e. The van der Waals surface area contributed by atoms with E-state index < -0.39 is 0 Å². The number of aryl methyl sites for hydroxylation is 2. The number of ether oxygens (including phenoxy) is 1. The Kier molecular flexibility index (Phi) is 5.17. The van der Waals surface area contributed by atoms with Gasteiger partial charge < -0.3 is 15.4 Å². The first kappa shape index (κ1) is 18.3. The van der Waals surface area contributed by atoms with Crippen LogP contribution in [0.25, 0.3) is 10.2 Å². The van der Waals surface area contributed by atoms with Gasteiger partial charge in [0.1, 0.15) is 16.5 Å². The minimum absolute atomic E-state index is 0.145. The number of fused-ring (bicyclic) bond motifs is 3. The van der Waals surface area contributed by atoms with Crippen molar-refractivity contribution in [2.75, 3.05) is 38.2 Å². The van der Waals surface area contributed by atoms with Crippen molar-refractivity contribution in [1.82, 2.24) is 20.2 Å². The third-order valence-electron chi connectivity index (χ3n) is 5.94. The minimum atomic E-state index is 0.145. The summed E-state index contributed by atoms with van der Waals surface area (Å²) in [7, 11) is 0.